The molecule has 0 aromatic heterocycles. The lowest BCUT2D eigenvalue weighted by atomic mass is 10.1. The van der Waals surface area contributed by atoms with Crippen molar-refractivity contribution < 1.29 is 13.2 Å². The van der Waals surface area contributed by atoms with Gasteiger partial charge >= 0.3 is 6.03 Å². The van der Waals surface area contributed by atoms with E-state index in [2.05, 4.69) is 5.32 Å². The number of nitrogens with zero attached hydrogens (tertiary/aromatic N) is 1. The number of benzene rings is 1. The first kappa shape index (κ1) is 14.8. The Kier molecular flexibility index (Phi) is 4.32. The van der Waals surface area contributed by atoms with Crippen LogP contribution in [-0.2, 0) is 16.3 Å². The number of carbonyl (C=O) groups excluding carboxylic acids is 1. The molecule has 1 aliphatic heterocycles. The first-order valence-electron chi connectivity index (χ1n) is 6.80. The fourth-order valence-corrected chi connectivity index (χ4v) is 3.12. The number of hydrogen-bond acceptors (Lipinski definition) is 3. The molecule has 110 valence electrons. The Morgan fingerprint density at radius 3 is 2.80 bits per heavy atom. The Morgan fingerprint density at radius 2 is 2.10 bits per heavy atom. The average molecular weight is 296 g/mol. The molecule has 1 aromatic carbocycles. The topological polar surface area (TPSA) is 66.5 Å². The van der Waals surface area contributed by atoms with E-state index in [1.165, 1.54) is 0 Å². The minimum atomic E-state index is -3.05. The second kappa shape index (κ2) is 5.83. The zero-order valence-electron chi connectivity index (χ0n) is 11.8. The monoisotopic (exact) mass is 296 g/mol. The summed E-state index contributed by atoms with van der Waals surface area (Å²) in [6.07, 6.45) is 0.830. The van der Waals surface area contributed by atoms with Gasteiger partial charge in [0.15, 0.2) is 9.84 Å². The highest BCUT2D eigenvalue weighted by Crippen LogP contribution is 2.31. The van der Waals surface area contributed by atoms with Gasteiger partial charge in [0.2, 0.25) is 0 Å². The highest BCUT2D eigenvalue weighted by atomic mass is 32.2. The lowest BCUT2D eigenvalue weighted by Crippen LogP contribution is -2.44. The molecule has 1 aromatic rings. The second-order valence-corrected chi connectivity index (χ2v) is 7.49. The van der Waals surface area contributed by atoms with Gasteiger partial charge in [0, 0.05) is 24.0 Å². The van der Waals surface area contributed by atoms with Crippen LogP contribution < -0.4 is 10.2 Å². The molecule has 0 saturated heterocycles. The third kappa shape index (κ3) is 3.12. The smallest absolute Gasteiger partial charge is 0.322 e. The standard InChI is InChI=1S/C14H20N2O3S/c1-3-20(18,19)9-8-15-14(17)16-11(2)10-12-6-4-5-7-13(12)16/h4-7,11H,3,8-10H2,1-2H3,(H,15,17). The van der Waals surface area contributed by atoms with Crippen LogP contribution in [0, 0.1) is 0 Å². The minimum Gasteiger partial charge on any atom is -0.337 e. The van der Waals surface area contributed by atoms with Crippen molar-refractivity contribution in [3.05, 3.63) is 29.8 Å². The maximum atomic E-state index is 12.2. The molecular formula is C14H20N2O3S. The van der Waals surface area contributed by atoms with Crippen LogP contribution in [0.4, 0.5) is 10.5 Å². The van der Waals surface area contributed by atoms with Gasteiger partial charge < -0.3 is 5.32 Å². The van der Waals surface area contributed by atoms with Crippen molar-refractivity contribution in [3.8, 4) is 0 Å². The molecule has 6 heteroatoms. The van der Waals surface area contributed by atoms with Gasteiger partial charge in [-0.2, -0.15) is 0 Å². The zero-order chi connectivity index (χ0) is 14.8. The van der Waals surface area contributed by atoms with Crippen molar-refractivity contribution in [2.24, 2.45) is 0 Å². The Hall–Kier alpha value is -1.56. The average Bonchev–Trinajstić information content (AvgIpc) is 2.74. The number of sulfone groups is 1. The quantitative estimate of drug-likeness (QED) is 0.917. The van der Waals surface area contributed by atoms with E-state index in [1.54, 1.807) is 11.8 Å². The van der Waals surface area contributed by atoms with Crippen molar-refractivity contribution in [2.75, 3.05) is 23.0 Å². The summed E-state index contributed by atoms with van der Waals surface area (Å²) in [6, 6.07) is 7.66. The lowest BCUT2D eigenvalue weighted by molar-refractivity contribution is 0.245. The number of fused-ring (bicyclic) bond motifs is 1. The van der Waals surface area contributed by atoms with Gasteiger partial charge in [-0.15, -0.1) is 0 Å². The number of nitrogens with one attached hydrogen (secondary N) is 1. The molecule has 0 radical (unpaired) electrons. The summed E-state index contributed by atoms with van der Waals surface area (Å²) in [7, 11) is -3.05. The van der Waals surface area contributed by atoms with Crippen molar-refractivity contribution in [3.63, 3.8) is 0 Å². The predicted molar refractivity (Wildman–Crippen MR) is 79.8 cm³/mol. The first-order chi connectivity index (χ1) is 9.44. The molecule has 0 fully saturated rings. The number of urea groups is 1. The van der Waals surface area contributed by atoms with E-state index in [9.17, 15) is 13.2 Å². The third-order valence-corrected chi connectivity index (χ3v) is 5.26. The Morgan fingerprint density at radius 1 is 1.40 bits per heavy atom. The Labute approximate surface area is 119 Å². The maximum absolute atomic E-state index is 12.2. The zero-order valence-corrected chi connectivity index (χ0v) is 12.6. The molecule has 0 aliphatic carbocycles. The molecule has 1 atom stereocenters. The third-order valence-electron chi connectivity index (χ3n) is 3.56. The number of rotatable bonds is 4. The summed E-state index contributed by atoms with van der Waals surface area (Å²) in [6.45, 7) is 3.75. The molecule has 20 heavy (non-hydrogen) atoms. The van der Waals surface area contributed by atoms with Gasteiger partial charge in [0.05, 0.1) is 5.75 Å². The van der Waals surface area contributed by atoms with E-state index in [0.29, 0.717) is 0 Å². The molecule has 0 spiro atoms. The van der Waals surface area contributed by atoms with Crippen molar-refractivity contribution in [1.82, 2.24) is 5.32 Å². The van der Waals surface area contributed by atoms with Gasteiger partial charge in [-0.1, -0.05) is 25.1 Å². The summed E-state index contributed by atoms with van der Waals surface area (Å²) in [5.41, 5.74) is 2.06. The summed E-state index contributed by atoms with van der Waals surface area (Å²) >= 11 is 0. The maximum Gasteiger partial charge on any atom is 0.322 e. The second-order valence-electron chi connectivity index (χ2n) is 5.02. The molecule has 1 heterocycles. The summed E-state index contributed by atoms with van der Waals surface area (Å²) < 4.78 is 22.8. The summed E-state index contributed by atoms with van der Waals surface area (Å²) in [5, 5.41) is 2.69. The lowest BCUT2D eigenvalue weighted by Gasteiger charge is -2.23. The largest absolute Gasteiger partial charge is 0.337 e. The van der Waals surface area contributed by atoms with Crippen LogP contribution in [0.5, 0.6) is 0 Å². The van der Waals surface area contributed by atoms with Crippen LogP contribution in [0.3, 0.4) is 0 Å². The van der Waals surface area contributed by atoms with E-state index in [0.717, 1.165) is 17.7 Å². The molecule has 1 N–H and O–H groups in total. The fraction of sp³-hybridized carbons (Fsp3) is 0.500. The van der Waals surface area contributed by atoms with Crippen LogP contribution in [-0.4, -0.2) is 38.5 Å². The minimum absolute atomic E-state index is 0.0148. The molecule has 1 aliphatic rings. The normalized spacial score (nSPS) is 17.9. The number of para-hydroxylation sites is 1. The van der Waals surface area contributed by atoms with Crippen LogP contribution in [0.15, 0.2) is 24.3 Å². The van der Waals surface area contributed by atoms with E-state index in [1.807, 2.05) is 31.2 Å². The van der Waals surface area contributed by atoms with Crippen LogP contribution >= 0.6 is 0 Å². The number of amides is 2. The van der Waals surface area contributed by atoms with Crippen LogP contribution in [0.25, 0.3) is 0 Å². The van der Waals surface area contributed by atoms with Gasteiger partial charge in [-0.25, -0.2) is 13.2 Å². The summed E-state index contributed by atoms with van der Waals surface area (Å²) in [5.74, 6) is 0.0882. The highest BCUT2D eigenvalue weighted by molar-refractivity contribution is 7.91. The Balaban J connectivity index is 2.00. The molecule has 1 unspecified atom stereocenters. The van der Waals surface area contributed by atoms with Gasteiger partial charge in [0.25, 0.3) is 0 Å². The van der Waals surface area contributed by atoms with Gasteiger partial charge in [-0.3, -0.25) is 4.90 Å². The number of anilines is 1. The number of hydrogen-bond donors (Lipinski definition) is 1. The van der Waals surface area contributed by atoms with E-state index < -0.39 is 9.84 Å². The van der Waals surface area contributed by atoms with E-state index >= 15 is 0 Å². The summed E-state index contributed by atoms with van der Waals surface area (Å²) in [4.78, 5) is 13.9. The van der Waals surface area contributed by atoms with Crippen molar-refractivity contribution in [1.29, 1.82) is 0 Å². The molecule has 5 nitrogen and oxygen atoms in total. The first-order valence-corrected chi connectivity index (χ1v) is 8.62. The number of carbonyl (C=O) groups is 1. The Bertz CT molecular complexity index is 598. The van der Waals surface area contributed by atoms with Crippen LogP contribution in [0.2, 0.25) is 0 Å². The van der Waals surface area contributed by atoms with E-state index in [4.69, 9.17) is 0 Å². The molecule has 2 rings (SSSR count). The molecule has 2 amide bonds. The molecule has 0 bridgehead atoms. The van der Waals surface area contributed by atoms with Crippen molar-refractivity contribution >= 4 is 21.6 Å². The van der Waals surface area contributed by atoms with Gasteiger partial charge in [-0.05, 0) is 25.0 Å². The fourth-order valence-electron chi connectivity index (χ4n) is 2.42. The van der Waals surface area contributed by atoms with E-state index in [-0.39, 0.29) is 30.1 Å². The highest BCUT2D eigenvalue weighted by Gasteiger charge is 2.30. The van der Waals surface area contributed by atoms with Crippen LogP contribution in [0.1, 0.15) is 19.4 Å². The van der Waals surface area contributed by atoms with Gasteiger partial charge in [0.1, 0.15) is 0 Å². The molecule has 0 saturated carbocycles. The predicted octanol–water partition coefficient (Wildman–Crippen LogP) is 1.58. The SMILES string of the molecule is CCS(=O)(=O)CCNC(=O)N1c2ccccc2CC1C. The molecular weight excluding hydrogens is 276 g/mol. The van der Waals surface area contributed by atoms with Crippen molar-refractivity contribution in [2.45, 2.75) is 26.3 Å².